The topological polar surface area (TPSA) is 82.7 Å². The summed E-state index contributed by atoms with van der Waals surface area (Å²) in [7, 11) is 0. The van der Waals surface area contributed by atoms with E-state index < -0.39 is 17.5 Å². The van der Waals surface area contributed by atoms with Crippen LogP contribution in [0.5, 0.6) is 5.75 Å². The highest BCUT2D eigenvalue weighted by Crippen LogP contribution is 2.31. The van der Waals surface area contributed by atoms with Gasteiger partial charge in [0.25, 0.3) is 5.91 Å². The molecule has 3 rings (SSSR count). The molecule has 1 saturated heterocycles. The van der Waals surface area contributed by atoms with Gasteiger partial charge in [0.15, 0.2) is 5.11 Å². The van der Waals surface area contributed by atoms with Gasteiger partial charge in [0.2, 0.25) is 0 Å². The largest absolute Gasteiger partial charge is 0.494 e. The van der Waals surface area contributed by atoms with Crippen molar-refractivity contribution in [1.82, 2.24) is 15.8 Å². The van der Waals surface area contributed by atoms with Crippen molar-refractivity contribution in [2.75, 3.05) is 11.9 Å². The standard InChI is InChI=1S/C20H22N4O3S/c1-3-20(14-8-6-5-7-9-14)17(25)24(19(26)22-20)23-18(28)21-15-10-12-16(13-11-15)27-4-2/h5-13H,3-4H2,1-2H3,(H,22,26)(H2,21,23,28)/t20-/m1/s1. The van der Waals surface area contributed by atoms with E-state index in [1.54, 1.807) is 24.3 Å². The fourth-order valence-corrected chi connectivity index (χ4v) is 3.31. The number of rotatable bonds is 6. The van der Waals surface area contributed by atoms with Gasteiger partial charge in [0, 0.05) is 5.69 Å². The molecule has 28 heavy (non-hydrogen) atoms. The Morgan fingerprint density at radius 1 is 1.11 bits per heavy atom. The number of hydrogen-bond donors (Lipinski definition) is 3. The number of anilines is 1. The Bertz CT molecular complexity index is 873. The number of carbonyl (C=O) groups is 2. The first-order valence-corrected chi connectivity index (χ1v) is 9.43. The maximum Gasteiger partial charge on any atom is 0.344 e. The highest BCUT2D eigenvalue weighted by Gasteiger charge is 2.51. The minimum atomic E-state index is -1.11. The van der Waals surface area contributed by atoms with Crippen molar-refractivity contribution < 1.29 is 14.3 Å². The SMILES string of the molecule is CCOc1ccc(NC(=S)NN2C(=O)N[C@](CC)(c3ccccc3)C2=O)cc1. The van der Waals surface area contributed by atoms with Gasteiger partial charge in [-0.15, -0.1) is 0 Å². The van der Waals surface area contributed by atoms with Crippen molar-refractivity contribution in [3.05, 3.63) is 60.2 Å². The van der Waals surface area contributed by atoms with E-state index in [1.165, 1.54) is 0 Å². The molecule has 0 bridgehead atoms. The Labute approximate surface area is 169 Å². The van der Waals surface area contributed by atoms with Crippen LogP contribution in [0.3, 0.4) is 0 Å². The lowest BCUT2D eigenvalue weighted by Crippen LogP contribution is -2.49. The summed E-state index contributed by atoms with van der Waals surface area (Å²) in [5.74, 6) is 0.346. The quantitative estimate of drug-likeness (QED) is 0.512. The summed E-state index contributed by atoms with van der Waals surface area (Å²) >= 11 is 5.26. The number of nitrogens with one attached hydrogen (secondary N) is 3. The van der Waals surface area contributed by atoms with Crippen LogP contribution in [0.15, 0.2) is 54.6 Å². The summed E-state index contributed by atoms with van der Waals surface area (Å²) in [6.07, 6.45) is 0.416. The molecule has 0 aliphatic carbocycles. The molecule has 7 nitrogen and oxygen atoms in total. The maximum atomic E-state index is 13.1. The van der Waals surface area contributed by atoms with E-state index in [2.05, 4.69) is 16.1 Å². The highest BCUT2D eigenvalue weighted by molar-refractivity contribution is 7.80. The minimum absolute atomic E-state index is 0.132. The van der Waals surface area contributed by atoms with E-state index in [-0.39, 0.29) is 5.11 Å². The van der Waals surface area contributed by atoms with Crippen LogP contribution in [-0.4, -0.2) is 28.7 Å². The van der Waals surface area contributed by atoms with E-state index in [4.69, 9.17) is 17.0 Å². The average Bonchev–Trinajstić information content (AvgIpc) is 2.95. The van der Waals surface area contributed by atoms with Gasteiger partial charge in [-0.05, 0) is 55.4 Å². The molecule has 0 aromatic heterocycles. The number of ether oxygens (including phenoxy) is 1. The third-order valence-corrected chi connectivity index (χ3v) is 4.72. The zero-order chi connectivity index (χ0) is 20.1. The molecular weight excluding hydrogens is 376 g/mol. The van der Waals surface area contributed by atoms with Gasteiger partial charge in [-0.3, -0.25) is 10.2 Å². The fourth-order valence-electron chi connectivity index (χ4n) is 3.10. The smallest absolute Gasteiger partial charge is 0.344 e. The van der Waals surface area contributed by atoms with E-state index in [1.807, 2.05) is 44.2 Å². The summed E-state index contributed by atoms with van der Waals surface area (Å²) < 4.78 is 5.40. The van der Waals surface area contributed by atoms with Crippen LogP contribution in [0, 0.1) is 0 Å². The third kappa shape index (κ3) is 3.77. The molecule has 0 unspecified atom stereocenters. The zero-order valence-corrected chi connectivity index (χ0v) is 16.5. The molecule has 146 valence electrons. The number of urea groups is 1. The van der Waals surface area contributed by atoms with Crippen LogP contribution in [0.4, 0.5) is 10.5 Å². The summed E-state index contributed by atoms with van der Waals surface area (Å²) in [5.41, 5.74) is 3.01. The molecule has 0 saturated carbocycles. The number of imide groups is 1. The van der Waals surface area contributed by atoms with Gasteiger partial charge in [-0.2, -0.15) is 5.01 Å². The first-order chi connectivity index (χ1) is 13.5. The molecule has 1 heterocycles. The van der Waals surface area contributed by atoms with E-state index >= 15 is 0 Å². The molecule has 3 N–H and O–H groups in total. The predicted molar refractivity (Wildman–Crippen MR) is 111 cm³/mol. The monoisotopic (exact) mass is 398 g/mol. The molecule has 8 heteroatoms. The van der Waals surface area contributed by atoms with Crippen LogP contribution in [-0.2, 0) is 10.3 Å². The number of carbonyl (C=O) groups excluding carboxylic acids is 2. The number of benzene rings is 2. The van der Waals surface area contributed by atoms with Crippen molar-refractivity contribution in [3.8, 4) is 5.75 Å². The first-order valence-electron chi connectivity index (χ1n) is 9.03. The van der Waals surface area contributed by atoms with Crippen LogP contribution in [0.2, 0.25) is 0 Å². The second-order valence-electron chi connectivity index (χ2n) is 6.22. The van der Waals surface area contributed by atoms with Gasteiger partial charge >= 0.3 is 6.03 Å². The van der Waals surface area contributed by atoms with E-state index in [0.717, 1.165) is 16.3 Å². The van der Waals surface area contributed by atoms with Crippen LogP contribution >= 0.6 is 12.2 Å². The summed E-state index contributed by atoms with van der Waals surface area (Å²) in [6.45, 7) is 4.35. The van der Waals surface area contributed by atoms with Crippen LogP contribution < -0.4 is 20.8 Å². The molecule has 1 aliphatic rings. The minimum Gasteiger partial charge on any atom is -0.494 e. The molecule has 1 atom stereocenters. The molecule has 3 amide bonds. The van der Waals surface area contributed by atoms with Gasteiger partial charge in [0.05, 0.1) is 6.61 Å². The maximum absolute atomic E-state index is 13.1. The Balaban J connectivity index is 1.71. The molecule has 2 aromatic rings. The number of amides is 3. The lowest BCUT2D eigenvalue weighted by Gasteiger charge is -2.25. The van der Waals surface area contributed by atoms with Gasteiger partial charge in [-0.1, -0.05) is 37.3 Å². The summed E-state index contributed by atoms with van der Waals surface area (Å²) in [5, 5.41) is 6.80. The van der Waals surface area contributed by atoms with Crippen LogP contribution in [0.25, 0.3) is 0 Å². The van der Waals surface area contributed by atoms with E-state index in [9.17, 15) is 9.59 Å². The lowest BCUT2D eigenvalue weighted by atomic mass is 9.87. The molecule has 0 radical (unpaired) electrons. The van der Waals surface area contributed by atoms with Crippen molar-refractivity contribution in [1.29, 1.82) is 0 Å². The molecule has 2 aromatic carbocycles. The number of nitrogens with zero attached hydrogens (tertiary/aromatic N) is 1. The third-order valence-electron chi connectivity index (χ3n) is 4.53. The average molecular weight is 398 g/mol. The lowest BCUT2D eigenvalue weighted by molar-refractivity contribution is -0.133. The molecule has 1 aliphatic heterocycles. The molecule has 0 spiro atoms. The second-order valence-corrected chi connectivity index (χ2v) is 6.63. The first kappa shape index (κ1) is 19.6. The Morgan fingerprint density at radius 3 is 2.39 bits per heavy atom. The summed E-state index contributed by atoms with van der Waals surface area (Å²) in [4.78, 5) is 25.5. The van der Waals surface area contributed by atoms with Crippen molar-refractivity contribution in [3.63, 3.8) is 0 Å². The van der Waals surface area contributed by atoms with Gasteiger partial charge < -0.3 is 15.4 Å². The predicted octanol–water partition coefficient (Wildman–Crippen LogP) is 3.14. The van der Waals surface area contributed by atoms with Crippen molar-refractivity contribution in [2.24, 2.45) is 0 Å². The Hall–Kier alpha value is -3.13. The van der Waals surface area contributed by atoms with Crippen molar-refractivity contribution >= 4 is 35.0 Å². The molecule has 1 fully saturated rings. The Kier molecular flexibility index (Phi) is 5.79. The van der Waals surface area contributed by atoms with Crippen LogP contribution in [0.1, 0.15) is 25.8 Å². The normalized spacial score (nSPS) is 18.6. The van der Waals surface area contributed by atoms with Gasteiger partial charge in [-0.25, -0.2) is 4.79 Å². The number of hydrogen-bond acceptors (Lipinski definition) is 4. The van der Waals surface area contributed by atoms with E-state index in [0.29, 0.717) is 18.7 Å². The number of hydrazine groups is 1. The van der Waals surface area contributed by atoms with Crippen molar-refractivity contribution in [2.45, 2.75) is 25.8 Å². The fraction of sp³-hybridized carbons (Fsp3) is 0.250. The number of thiocarbonyl (C=S) groups is 1. The zero-order valence-electron chi connectivity index (χ0n) is 15.7. The van der Waals surface area contributed by atoms with Gasteiger partial charge in [0.1, 0.15) is 11.3 Å². The Morgan fingerprint density at radius 2 is 1.79 bits per heavy atom. The second kappa shape index (κ2) is 8.26. The summed E-state index contributed by atoms with van der Waals surface area (Å²) in [6, 6.07) is 15.8. The highest BCUT2D eigenvalue weighted by atomic mass is 32.1. The molecular formula is C20H22N4O3S.